The van der Waals surface area contributed by atoms with Gasteiger partial charge in [-0.15, -0.1) is 0 Å². The molecule has 0 fully saturated rings. The van der Waals surface area contributed by atoms with Gasteiger partial charge in [0.1, 0.15) is 11.5 Å². The van der Waals surface area contributed by atoms with Crippen LogP contribution in [0.4, 0.5) is 13.2 Å². The molecule has 1 N–H and O–H groups in total. The lowest BCUT2D eigenvalue weighted by Gasteiger charge is -2.07. The molecule has 0 unspecified atom stereocenters. The number of nitrogens with zero attached hydrogens (tertiary/aromatic N) is 4. The highest BCUT2D eigenvalue weighted by Gasteiger charge is 2.38. The van der Waals surface area contributed by atoms with E-state index in [1.807, 2.05) is 42.2 Å². The van der Waals surface area contributed by atoms with Gasteiger partial charge in [-0.05, 0) is 35.7 Å². The molecule has 3 aromatic heterocycles. The Labute approximate surface area is 163 Å². The smallest absolute Gasteiger partial charge is 0.475 e. The van der Waals surface area contributed by atoms with E-state index in [4.69, 9.17) is 9.90 Å². The van der Waals surface area contributed by atoms with Crippen molar-refractivity contribution in [1.29, 1.82) is 0 Å². The fourth-order valence-electron chi connectivity index (χ4n) is 2.66. The maximum atomic E-state index is 10.6. The first-order valence-corrected chi connectivity index (χ1v) is 8.54. The van der Waals surface area contributed by atoms with Crippen LogP contribution < -0.4 is 0 Å². The van der Waals surface area contributed by atoms with Crippen molar-refractivity contribution in [2.45, 2.75) is 19.6 Å². The molecule has 4 rings (SSSR count). The van der Waals surface area contributed by atoms with Crippen molar-refractivity contribution in [1.82, 2.24) is 18.9 Å². The molecule has 0 saturated carbocycles. The Kier molecular flexibility index (Phi) is 5.67. The SMILES string of the molecule is Cc1nccn1Cc1ccc(-c2ccc3nccn3c2)cc1.O=C(O)C(F)(F)F. The molecule has 29 heavy (non-hydrogen) atoms. The summed E-state index contributed by atoms with van der Waals surface area (Å²) >= 11 is 0. The van der Waals surface area contributed by atoms with Crippen LogP contribution in [0.25, 0.3) is 16.8 Å². The summed E-state index contributed by atoms with van der Waals surface area (Å²) in [4.78, 5) is 17.4. The topological polar surface area (TPSA) is 72.4 Å². The second-order valence-electron chi connectivity index (χ2n) is 6.21. The zero-order chi connectivity index (χ0) is 21.0. The van der Waals surface area contributed by atoms with Gasteiger partial charge in [-0.1, -0.05) is 24.3 Å². The number of alkyl halides is 3. The van der Waals surface area contributed by atoms with Crippen LogP contribution in [-0.4, -0.2) is 36.2 Å². The highest BCUT2D eigenvalue weighted by molar-refractivity contribution is 5.73. The third-order valence-electron chi connectivity index (χ3n) is 4.20. The van der Waals surface area contributed by atoms with Crippen molar-refractivity contribution in [3.8, 4) is 11.1 Å². The van der Waals surface area contributed by atoms with Crippen LogP contribution in [0.3, 0.4) is 0 Å². The number of aliphatic carboxylic acids is 1. The largest absolute Gasteiger partial charge is 0.490 e. The van der Waals surface area contributed by atoms with E-state index in [1.54, 1.807) is 0 Å². The summed E-state index contributed by atoms with van der Waals surface area (Å²) in [5, 5.41) is 7.12. The molecule has 0 aliphatic carbocycles. The predicted molar refractivity (Wildman–Crippen MR) is 100 cm³/mol. The maximum Gasteiger partial charge on any atom is 0.490 e. The number of imidazole rings is 2. The van der Waals surface area contributed by atoms with Crippen molar-refractivity contribution in [2.75, 3.05) is 0 Å². The molecule has 0 aliphatic rings. The van der Waals surface area contributed by atoms with Crippen LogP contribution in [0.5, 0.6) is 0 Å². The van der Waals surface area contributed by atoms with Gasteiger partial charge >= 0.3 is 12.1 Å². The number of aryl methyl sites for hydroxylation is 1. The van der Waals surface area contributed by atoms with Gasteiger partial charge in [-0.3, -0.25) is 0 Å². The lowest BCUT2D eigenvalue weighted by Crippen LogP contribution is -2.21. The van der Waals surface area contributed by atoms with Gasteiger partial charge in [0.15, 0.2) is 0 Å². The predicted octanol–water partition coefficient (Wildman–Crippen LogP) is 4.19. The Balaban J connectivity index is 0.000000298. The van der Waals surface area contributed by atoms with Crippen LogP contribution >= 0.6 is 0 Å². The van der Waals surface area contributed by atoms with Gasteiger partial charge in [0, 0.05) is 37.5 Å². The molecule has 0 aliphatic heterocycles. The lowest BCUT2D eigenvalue weighted by atomic mass is 10.1. The van der Waals surface area contributed by atoms with E-state index in [1.165, 1.54) is 16.7 Å². The Hall–Kier alpha value is -3.62. The van der Waals surface area contributed by atoms with E-state index in [2.05, 4.69) is 51.1 Å². The minimum absolute atomic E-state index is 0.854. The number of benzene rings is 1. The number of halogens is 3. The van der Waals surface area contributed by atoms with E-state index in [0.29, 0.717) is 0 Å². The van der Waals surface area contributed by atoms with Crippen molar-refractivity contribution >= 4 is 11.6 Å². The quantitative estimate of drug-likeness (QED) is 0.558. The van der Waals surface area contributed by atoms with Crippen molar-refractivity contribution in [2.24, 2.45) is 0 Å². The normalized spacial score (nSPS) is 11.2. The molecule has 4 aromatic rings. The summed E-state index contributed by atoms with van der Waals surface area (Å²) in [5.41, 5.74) is 4.64. The molecule has 150 valence electrons. The minimum atomic E-state index is -5.08. The summed E-state index contributed by atoms with van der Waals surface area (Å²) in [6.45, 7) is 2.88. The van der Waals surface area contributed by atoms with Crippen LogP contribution in [0.1, 0.15) is 11.4 Å². The standard InChI is InChI=1S/C18H16N4.C2HF3O2/c1-14-19-8-10-21(14)12-15-2-4-16(5-3-15)17-6-7-18-20-9-11-22(18)13-17;3-2(4,5)1(6)7/h2-11,13H,12H2,1H3;(H,6,7). The van der Waals surface area contributed by atoms with Crippen molar-refractivity contribution in [3.05, 3.63) is 78.8 Å². The Morgan fingerprint density at radius 3 is 2.21 bits per heavy atom. The molecule has 6 nitrogen and oxygen atoms in total. The number of rotatable bonds is 3. The number of carbonyl (C=O) groups is 1. The van der Waals surface area contributed by atoms with E-state index in [0.717, 1.165) is 18.0 Å². The average Bonchev–Trinajstić information content (AvgIpc) is 3.30. The summed E-state index contributed by atoms with van der Waals surface area (Å²) in [5.74, 6) is -1.72. The third kappa shape index (κ3) is 5.01. The van der Waals surface area contributed by atoms with Crippen LogP contribution in [-0.2, 0) is 11.3 Å². The van der Waals surface area contributed by atoms with Gasteiger partial charge in [0.05, 0.1) is 0 Å². The summed E-state index contributed by atoms with van der Waals surface area (Å²) < 4.78 is 35.9. The molecule has 0 bridgehead atoms. The number of aromatic nitrogens is 4. The van der Waals surface area contributed by atoms with Crippen molar-refractivity contribution in [3.63, 3.8) is 0 Å². The second-order valence-corrected chi connectivity index (χ2v) is 6.21. The zero-order valence-electron chi connectivity index (χ0n) is 15.3. The first-order chi connectivity index (χ1) is 13.7. The van der Waals surface area contributed by atoms with Gasteiger partial charge in [-0.2, -0.15) is 13.2 Å². The Morgan fingerprint density at radius 1 is 1.00 bits per heavy atom. The van der Waals surface area contributed by atoms with Crippen LogP contribution in [0, 0.1) is 6.92 Å². The van der Waals surface area contributed by atoms with E-state index in [-0.39, 0.29) is 0 Å². The van der Waals surface area contributed by atoms with E-state index in [9.17, 15) is 13.2 Å². The lowest BCUT2D eigenvalue weighted by molar-refractivity contribution is -0.192. The molecule has 0 saturated heterocycles. The molecule has 3 heterocycles. The number of carboxylic acid groups (broad SMARTS) is 1. The highest BCUT2D eigenvalue weighted by Crippen LogP contribution is 2.21. The molecule has 0 spiro atoms. The van der Waals surface area contributed by atoms with Gasteiger partial charge < -0.3 is 14.1 Å². The number of pyridine rings is 1. The number of carboxylic acids is 1. The summed E-state index contributed by atoms with van der Waals surface area (Å²) in [7, 11) is 0. The third-order valence-corrected chi connectivity index (χ3v) is 4.20. The van der Waals surface area contributed by atoms with Crippen molar-refractivity contribution < 1.29 is 23.1 Å². The number of hydrogen-bond acceptors (Lipinski definition) is 3. The maximum absolute atomic E-state index is 10.6. The van der Waals surface area contributed by atoms with Gasteiger partial charge in [0.2, 0.25) is 0 Å². The first kappa shape index (κ1) is 20.1. The van der Waals surface area contributed by atoms with Crippen LogP contribution in [0.2, 0.25) is 0 Å². The van der Waals surface area contributed by atoms with Crippen LogP contribution in [0.15, 0.2) is 67.4 Å². The van der Waals surface area contributed by atoms with Gasteiger partial charge in [-0.25, -0.2) is 14.8 Å². The summed E-state index contributed by atoms with van der Waals surface area (Å²) in [6.07, 6.45) is 4.66. The Morgan fingerprint density at radius 2 is 1.62 bits per heavy atom. The van der Waals surface area contributed by atoms with E-state index >= 15 is 0 Å². The number of fused-ring (bicyclic) bond motifs is 1. The highest BCUT2D eigenvalue weighted by atomic mass is 19.4. The second kappa shape index (κ2) is 8.17. The molecule has 0 radical (unpaired) electrons. The summed E-state index contributed by atoms with van der Waals surface area (Å²) in [6, 6.07) is 12.8. The molecular formula is C20H17F3N4O2. The number of hydrogen-bond donors (Lipinski definition) is 1. The molecule has 9 heteroatoms. The zero-order valence-corrected chi connectivity index (χ0v) is 15.3. The molecule has 1 aromatic carbocycles. The molecular weight excluding hydrogens is 385 g/mol. The fraction of sp³-hybridized carbons (Fsp3) is 0.150. The van der Waals surface area contributed by atoms with E-state index < -0.39 is 12.1 Å². The fourth-order valence-corrected chi connectivity index (χ4v) is 2.66. The first-order valence-electron chi connectivity index (χ1n) is 8.54. The average molecular weight is 402 g/mol. The monoisotopic (exact) mass is 402 g/mol. The minimum Gasteiger partial charge on any atom is -0.475 e. The van der Waals surface area contributed by atoms with Gasteiger partial charge in [0.25, 0.3) is 0 Å². The molecule has 0 atom stereocenters. The molecule has 0 amide bonds. The Bertz CT molecular complexity index is 1110.